The monoisotopic (exact) mass is 379 g/mol. The molecule has 0 N–H and O–H groups in total. The highest BCUT2D eigenvalue weighted by atomic mass is 127. The summed E-state index contributed by atoms with van der Waals surface area (Å²) < 4.78 is 56.6. The van der Waals surface area contributed by atoms with Crippen molar-refractivity contribution in [3.63, 3.8) is 0 Å². The van der Waals surface area contributed by atoms with Crippen LogP contribution in [0.5, 0.6) is 5.88 Å². The number of esters is 1. The maximum atomic E-state index is 12.8. The third kappa shape index (κ3) is 3.43. The Hall–Kier alpha value is -1.13. The van der Waals surface area contributed by atoms with E-state index in [-0.39, 0.29) is 14.7 Å². The minimum atomic E-state index is -4.94. The van der Waals surface area contributed by atoms with E-state index < -0.39 is 24.9 Å². The third-order valence-corrected chi connectivity index (χ3v) is 2.95. The normalized spacial score (nSPS) is 11.2. The SMILES string of the molecule is COC(=O)c1cnc(OC(F)(F)F)c(I)c1CF. The van der Waals surface area contributed by atoms with Gasteiger partial charge in [-0.2, -0.15) is 0 Å². The Labute approximate surface area is 112 Å². The largest absolute Gasteiger partial charge is 0.574 e. The topological polar surface area (TPSA) is 48.4 Å². The second kappa shape index (κ2) is 5.67. The van der Waals surface area contributed by atoms with Gasteiger partial charge in [0, 0.05) is 11.8 Å². The van der Waals surface area contributed by atoms with Crippen molar-refractivity contribution >= 4 is 28.6 Å². The molecular formula is C9H6F4INO3. The van der Waals surface area contributed by atoms with E-state index in [2.05, 4.69) is 14.5 Å². The van der Waals surface area contributed by atoms with Crippen LogP contribution in [0.2, 0.25) is 0 Å². The maximum Gasteiger partial charge on any atom is 0.574 e. The first-order valence-corrected chi connectivity index (χ1v) is 5.45. The molecule has 0 radical (unpaired) electrons. The minimum Gasteiger partial charge on any atom is -0.465 e. The highest BCUT2D eigenvalue weighted by Crippen LogP contribution is 2.30. The number of hydrogen-bond donors (Lipinski definition) is 0. The fourth-order valence-corrected chi connectivity index (χ4v) is 1.79. The first-order chi connectivity index (χ1) is 8.30. The van der Waals surface area contributed by atoms with Gasteiger partial charge in [-0.05, 0) is 22.6 Å². The van der Waals surface area contributed by atoms with Crippen LogP contribution in [-0.4, -0.2) is 24.4 Å². The molecule has 4 nitrogen and oxygen atoms in total. The number of nitrogens with zero attached hydrogens (tertiary/aromatic N) is 1. The molecule has 0 aliphatic heterocycles. The molecule has 1 rings (SSSR count). The number of methoxy groups -OCH3 is 1. The predicted molar refractivity (Wildman–Crippen MR) is 59.8 cm³/mol. The number of carbonyl (C=O) groups excluding carboxylic acids is 1. The van der Waals surface area contributed by atoms with E-state index in [0.29, 0.717) is 0 Å². The first kappa shape index (κ1) is 14.9. The van der Waals surface area contributed by atoms with Gasteiger partial charge in [-0.15, -0.1) is 13.2 Å². The summed E-state index contributed by atoms with van der Waals surface area (Å²) in [5.41, 5.74) is -0.490. The molecule has 9 heteroatoms. The fourth-order valence-electron chi connectivity index (χ4n) is 1.10. The van der Waals surface area contributed by atoms with Gasteiger partial charge in [-0.3, -0.25) is 0 Å². The molecule has 0 bridgehead atoms. The van der Waals surface area contributed by atoms with Crippen LogP contribution in [-0.2, 0) is 11.4 Å². The number of alkyl halides is 4. The van der Waals surface area contributed by atoms with Gasteiger partial charge in [0.05, 0.1) is 16.2 Å². The summed E-state index contributed by atoms with van der Waals surface area (Å²) in [5, 5.41) is 0. The Kier molecular flexibility index (Phi) is 4.71. The van der Waals surface area contributed by atoms with E-state index in [4.69, 9.17) is 0 Å². The van der Waals surface area contributed by atoms with Crippen molar-refractivity contribution in [1.82, 2.24) is 4.98 Å². The molecule has 0 atom stereocenters. The average molecular weight is 379 g/mol. The van der Waals surface area contributed by atoms with Gasteiger partial charge < -0.3 is 9.47 Å². The summed E-state index contributed by atoms with van der Waals surface area (Å²) in [6.45, 7) is -1.14. The van der Waals surface area contributed by atoms with Crippen molar-refractivity contribution in [2.45, 2.75) is 13.0 Å². The lowest BCUT2D eigenvalue weighted by atomic mass is 10.1. The lowest BCUT2D eigenvalue weighted by Crippen LogP contribution is -2.20. The highest BCUT2D eigenvalue weighted by Gasteiger charge is 2.33. The Balaban J connectivity index is 3.24. The Morgan fingerprint density at radius 2 is 2.11 bits per heavy atom. The molecule has 18 heavy (non-hydrogen) atoms. The van der Waals surface area contributed by atoms with E-state index in [1.807, 2.05) is 0 Å². The van der Waals surface area contributed by atoms with Crippen LogP contribution in [0, 0.1) is 3.57 Å². The number of pyridine rings is 1. The summed E-state index contributed by atoms with van der Waals surface area (Å²) in [6, 6.07) is 0. The third-order valence-electron chi connectivity index (χ3n) is 1.84. The van der Waals surface area contributed by atoms with Gasteiger partial charge in [0.2, 0.25) is 5.88 Å². The zero-order valence-electron chi connectivity index (χ0n) is 8.85. The first-order valence-electron chi connectivity index (χ1n) is 4.37. The van der Waals surface area contributed by atoms with Crippen LogP contribution >= 0.6 is 22.6 Å². The molecule has 0 aliphatic carbocycles. The molecule has 0 amide bonds. The van der Waals surface area contributed by atoms with Crippen molar-refractivity contribution in [2.75, 3.05) is 7.11 Å². The smallest absolute Gasteiger partial charge is 0.465 e. The molecule has 0 saturated heterocycles. The second-order valence-electron chi connectivity index (χ2n) is 2.94. The molecule has 0 spiro atoms. The molecule has 0 aromatic carbocycles. The van der Waals surface area contributed by atoms with Crippen molar-refractivity contribution in [3.8, 4) is 5.88 Å². The van der Waals surface area contributed by atoms with Crippen LogP contribution in [0.3, 0.4) is 0 Å². The molecule has 1 aromatic rings. The number of carbonyl (C=O) groups is 1. The van der Waals surface area contributed by atoms with Gasteiger partial charge in [-0.25, -0.2) is 14.2 Å². The summed E-state index contributed by atoms with van der Waals surface area (Å²) in [4.78, 5) is 14.6. The van der Waals surface area contributed by atoms with E-state index in [1.165, 1.54) is 22.6 Å². The molecule has 0 unspecified atom stereocenters. The number of rotatable bonds is 3. The lowest BCUT2D eigenvalue weighted by molar-refractivity contribution is -0.276. The van der Waals surface area contributed by atoms with Crippen molar-refractivity contribution in [3.05, 3.63) is 20.9 Å². The van der Waals surface area contributed by atoms with Gasteiger partial charge in [0.25, 0.3) is 0 Å². The summed E-state index contributed by atoms with van der Waals surface area (Å²) in [7, 11) is 1.07. The van der Waals surface area contributed by atoms with Crippen LogP contribution in [0.4, 0.5) is 17.6 Å². The number of ether oxygens (including phenoxy) is 2. The Morgan fingerprint density at radius 3 is 2.56 bits per heavy atom. The van der Waals surface area contributed by atoms with Gasteiger partial charge in [0.1, 0.15) is 6.67 Å². The van der Waals surface area contributed by atoms with Crippen LogP contribution in [0.15, 0.2) is 6.20 Å². The molecule has 1 aromatic heterocycles. The second-order valence-corrected chi connectivity index (χ2v) is 4.02. The van der Waals surface area contributed by atoms with Gasteiger partial charge in [-0.1, -0.05) is 0 Å². The van der Waals surface area contributed by atoms with Gasteiger partial charge >= 0.3 is 12.3 Å². The Morgan fingerprint density at radius 1 is 1.50 bits per heavy atom. The predicted octanol–water partition coefficient (Wildman–Crippen LogP) is 2.84. The number of aromatic nitrogens is 1. The molecule has 0 aliphatic rings. The standard InChI is InChI=1S/C9H6F4INO3/c1-17-8(16)5-3-15-7(18-9(11,12)13)6(14)4(5)2-10/h3H,2H2,1H3. The molecule has 0 fully saturated rings. The quantitative estimate of drug-likeness (QED) is 0.461. The summed E-state index contributed by atoms with van der Waals surface area (Å²) in [6.07, 6.45) is -4.16. The van der Waals surface area contributed by atoms with E-state index in [9.17, 15) is 22.4 Å². The average Bonchev–Trinajstić information content (AvgIpc) is 2.28. The van der Waals surface area contributed by atoms with E-state index in [0.717, 1.165) is 13.3 Å². The molecule has 1 heterocycles. The molecule has 100 valence electrons. The van der Waals surface area contributed by atoms with Crippen molar-refractivity contribution in [1.29, 1.82) is 0 Å². The summed E-state index contributed by atoms with van der Waals surface area (Å²) in [5.74, 6) is -1.69. The summed E-state index contributed by atoms with van der Waals surface area (Å²) >= 11 is 1.42. The van der Waals surface area contributed by atoms with E-state index >= 15 is 0 Å². The Bertz CT molecular complexity index is 464. The fraction of sp³-hybridized carbons (Fsp3) is 0.333. The zero-order chi connectivity index (χ0) is 13.9. The van der Waals surface area contributed by atoms with Crippen molar-refractivity contribution in [2.24, 2.45) is 0 Å². The zero-order valence-corrected chi connectivity index (χ0v) is 11.0. The minimum absolute atomic E-state index is 0.227. The van der Waals surface area contributed by atoms with E-state index in [1.54, 1.807) is 0 Å². The van der Waals surface area contributed by atoms with Crippen LogP contribution < -0.4 is 4.74 Å². The van der Waals surface area contributed by atoms with Crippen LogP contribution in [0.1, 0.15) is 15.9 Å². The maximum absolute atomic E-state index is 12.8. The number of hydrogen-bond acceptors (Lipinski definition) is 4. The van der Waals surface area contributed by atoms with Gasteiger partial charge in [0.15, 0.2) is 0 Å². The highest BCUT2D eigenvalue weighted by molar-refractivity contribution is 14.1. The number of halogens is 5. The molecular weight excluding hydrogens is 373 g/mol. The van der Waals surface area contributed by atoms with Crippen LogP contribution in [0.25, 0.3) is 0 Å². The van der Waals surface area contributed by atoms with Crippen molar-refractivity contribution < 1.29 is 31.8 Å². The molecule has 0 saturated carbocycles. The lowest BCUT2D eigenvalue weighted by Gasteiger charge is -2.13.